The van der Waals surface area contributed by atoms with E-state index >= 15 is 0 Å². The second kappa shape index (κ2) is 5.58. The maximum absolute atomic E-state index is 11.3. The molecule has 3 nitrogen and oxygen atoms in total. The number of aliphatic hydroxyl groups is 1. The Morgan fingerprint density at radius 1 is 1.30 bits per heavy atom. The van der Waals surface area contributed by atoms with Crippen molar-refractivity contribution in [2.45, 2.75) is 37.2 Å². The molecule has 108 valence electrons. The van der Waals surface area contributed by atoms with E-state index in [-0.39, 0.29) is 5.25 Å². The predicted octanol–water partition coefficient (Wildman–Crippen LogP) is 3.46. The zero-order valence-corrected chi connectivity index (χ0v) is 13.1. The van der Waals surface area contributed by atoms with Crippen LogP contribution in [-0.2, 0) is 5.72 Å². The van der Waals surface area contributed by atoms with Gasteiger partial charge in [0.2, 0.25) is 0 Å². The van der Waals surface area contributed by atoms with Crippen LogP contribution in [0.2, 0.25) is 5.02 Å². The van der Waals surface area contributed by atoms with Crippen molar-refractivity contribution in [1.82, 2.24) is 4.90 Å². The second-order valence-electron chi connectivity index (χ2n) is 5.37. The van der Waals surface area contributed by atoms with Gasteiger partial charge in [-0.3, -0.25) is 4.99 Å². The summed E-state index contributed by atoms with van der Waals surface area (Å²) in [6.45, 7) is 3.78. The molecule has 20 heavy (non-hydrogen) atoms. The van der Waals surface area contributed by atoms with Crippen LogP contribution in [0, 0.1) is 0 Å². The van der Waals surface area contributed by atoms with Gasteiger partial charge in [-0.25, -0.2) is 0 Å². The predicted molar refractivity (Wildman–Crippen MR) is 85.3 cm³/mol. The number of fused-ring (bicyclic) bond motifs is 1. The molecular weight excluding hydrogens is 292 g/mol. The van der Waals surface area contributed by atoms with Gasteiger partial charge in [0, 0.05) is 23.7 Å². The van der Waals surface area contributed by atoms with E-state index in [0.717, 1.165) is 36.7 Å². The Labute approximate surface area is 129 Å². The standard InChI is InChI=1S/C15H19ClN2OS/c1-11-15(19,12-5-7-13(16)8-6-12)18-10-4-2-3-9-17-14(18)20-11/h5-8,11,19H,2-4,9-10H2,1H3/b17-14+. The fourth-order valence-corrected chi connectivity index (χ4v) is 4.27. The van der Waals surface area contributed by atoms with E-state index in [1.54, 1.807) is 11.8 Å². The highest BCUT2D eigenvalue weighted by Crippen LogP contribution is 2.45. The van der Waals surface area contributed by atoms with Crippen LogP contribution in [0.3, 0.4) is 0 Å². The van der Waals surface area contributed by atoms with Gasteiger partial charge in [0.1, 0.15) is 0 Å². The van der Waals surface area contributed by atoms with Gasteiger partial charge in [0.05, 0.1) is 5.25 Å². The number of rotatable bonds is 1. The molecule has 0 aliphatic carbocycles. The van der Waals surface area contributed by atoms with Gasteiger partial charge in [-0.2, -0.15) is 0 Å². The van der Waals surface area contributed by atoms with Crippen molar-refractivity contribution in [2.24, 2.45) is 4.99 Å². The van der Waals surface area contributed by atoms with Crippen molar-refractivity contribution < 1.29 is 5.11 Å². The summed E-state index contributed by atoms with van der Waals surface area (Å²) in [6.07, 6.45) is 3.41. The molecule has 0 bridgehead atoms. The first kappa shape index (κ1) is 14.2. The molecule has 0 spiro atoms. The Hall–Kier alpha value is -0.710. The molecule has 0 saturated carbocycles. The third kappa shape index (κ3) is 2.34. The number of hydrogen-bond acceptors (Lipinski definition) is 4. The normalized spacial score (nSPS) is 33.0. The van der Waals surface area contributed by atoms with Crippen LogP contribution >= 0.6 is 23.4 Å². The van der Waals surface area contributed by atoms with Crippen molar-refractivity contribution >= 4 is 28.5 Å². The number of thioether (sulfide) groups is 1. The summed E-state index contributed by atoms with van der Waals surface area (Å²) >= 11 is 7.63. The summed E-state index contributed by atoms with van der Waals surface area (Å²) in [5.74, 6) is 0. The number of halogens is 1. The van der Waals surface area contributed by atoms with E-state index in [4.69, 9.17) is 11.6 Å². The molecule has 1 aromatic rings. The topological polar surface area (TPSA) is 35.8 Å². The number of nitrogens with zero attached hydrogens (tertiary/aromatic N) is 2. The molecular formula is C15H19ClN2OS. The molecule has 2 aliphatic heterocycles. The average Bonchev–Trinajstić information content (AvgIpc) is 2.63. The molecule has 1 saturated heterocycles. The first-order valence-electron chi connectivity index (χ1n) is 7.09. The van der Waals surface area contributed by atoms with Crippen LogP contribution in [0.15, 0.2) is 29.3 Å². The van der Waals surface area contributed by atoms with Gasteiger partial charge in [-0.05, 0) is 38.3 Å². The van der Waals surface area contributed by atoms with Crippen molar-refractivity contribution in [1.29, 1.82) is 0 Å². The monoisotopic (exact) mass is 310 g/mol. The molecule has 2 aliphatic rings. The molecule has 1 fully saturated rings. The Kier molecular flexibility index (Phi) is 3.98. The lowest BCUT2D eigenvalue weighted by Crippen LogP contribution is -2.48. The zero-order chi connectivity index (χ0) is 14.2. The molecule has 0 aromatic heterocycles. The Morgan fingerprint density at radius 3 is 2.80 bits per heavy atom. The summed E-state index contributed by atoms with van der Waals surface area (Å²) in [5, 5.41) is 13.0. The molecule has 2 unspecified atom stereocenters. The van der Waals surface area contributed by atoms with E-state index in [9.17, 15) is 5.11 Å². The smallest absolute Gasteiger partial charge is 0.178 e. The van der Waals surface area contributed by atoms with Crippen molar-refractivity contribution in [3.8, 4) is 0 Å². The van der Waals surface area contributed by atoms with Crippen molar-refractivity contribution in [3.63, 3.8) is 0 Å². The maximum Gasteiger partial charge on any atom is 0.178 e. The highest BCUT2D eigenvalue weighted by molar-refractivity contribution is 8.14. The summed E-state index contributed by atoms with van der Waals surface area (Å²) in [5.41, 5.74) is -0.0847. The summed E-state index contributed by atoms with van der Waals surface area (Å²) in [4.78, 5) is 6.73. The molecule has 0 amide bonds. The van der Waals surface area contributed by atoms with Crippen LogP contribution in [0.1, 0.15) is 31.7 Å². The number of aliphatic imine (C=N–C) groups is 1. The third-order valence-corrected chi connectivity index (χ3v) is 5.54. The fraction of sp³-hybridized carbons (Fsp3) is 0.533. The van der Waals surface area contributed by atoms with E-state index in [0.29, 0.717) is 5.02 Å². The minimum absolute atomic E-state index is 0.0560. The average molecular weight is 311 g/mol. The van der Waals surface area contributed by atoms with Gasteiger partial charge >= 0.3 is 0 Å². The molecule has 1 aromatic carbocycles. The largest absolute Gasteiger partial charge is 0.366 e. The summed E-state index contributed by atoms with van der Waals surface area (Å²) in [6, 6.07) is 7.51. The molecule has 3 rings (SSSR count). The van der Waals surface area contributed by atoms with Gasteiger partial charge < -0.3 is 10.0 Å². The first-order chi connectivity index (χ1) is 9.62. The quantitative estimate of drug-likeness (QED) is 0.863. The second-order valence-corrected chi connectivity index (χ2v) is 7.11. The molecule has 2 atom stereocenters. The molecule has 5 heteroatoms. The summed E-state index contributed by atoms with van der Waals surface area (Å²) in [7, 11) is 0. The number of amidine groups is 1. The lowest BCUT2D eigenvalue weighted by atomic mass is 9.97. The van der Waals surface area contributed by atoms with Crippen LogP contribution in [-0.4, -0.2) is 33.5 Å². The Balaban J connectivity index is 2.01. The van der Waals surface area contributed by atoms with Gasteiger partial charge in [0.25, 0.3) is 0 Å². The Bertz CT molecular complexity index is 519. The minimum Gasteiger partial charge on any atom is -0.366 e. The highest BCUT2D eigenvalue weighted by atomic mass is 35.5. The molecule has 2 heterocycles. The maximum atomic E-state index is 11.3. The van der Waals surface area contributed by atoms with Gasteiger partial charge in [-0.1, -0.05) is 35.5 Å². The van der Waals surface area contributed by atoms with Crippen LogP contribution in [0.25, 0.3) is 0 Å². The number of benzene rings is 1. The van der Waals surface area contributed by atoms with E-state index in [1.165, 1.54) is 6.42 Å². The zero-order valence-electron chi connectivity index (χ0n) is 11.6. The van der Waals surface area contributed by atoms with E-state index < -0.39 is 5.72 Å². The van der Waals surface area contributed by atoms with Gasteiger partial charge in [0.15, 0.2) is 10.9 Å². The minimum atomic E-state index is -0.981. The SMILES string of the molecule is CC1S/C2=N/CCCCCN2C1(O)c1ccc(Cl)cc1. The van der Waals surface area contributed by atoms with Crippen LogP contribution < -0.4 is 0 Å². The van der Waals surface area contributed by atoms with Gasteiger partial charge in [-0.15, -0.1) is 0 Å². The third-order valence-electron chi connectivity index (χ3n) is 4.05. The lowest BCUT2D eigenvalue weighted by molar-refractivity contribution is -0.0681. The van der Waals surface area contributed by atoms with Crippen LogP contribution in [0.4, 0.5) is 0 Å². The van der Waals surface area contributed by atoms with Crippen molar-refractivity contribution in [2.75, 3.05) is 13.1 Å². The van der Waals surface area contributed by atoms with E-state index in [2.05, 4.69) is 16.8 Å². The van der Waals surface area contributed by atoms with Crippen LogP contribution in [0.5, 0.6) is 0 Å². The first-order valence-corrected chi connectivity index (χ1v) is 8.35. The molecule has 0 radical (unpaired) electrons. The highest BCUT2D eigenvalue weighted by Gasteiger charge is 2.50. The van der Waals surface area contributed by atoms with E-state index in [1.807, 2.05) is 24.3 Å². The summed E-state index contributed by atoms with van der Waals surface area (Å²) < 4.78 is 0. The molecule has 1 N–H and O–H groups in total. The fourth-order valence-electron chi connectivity index (χ4n) is 2.88. The lowest BCUT2D eigenvalue weighted by Gasteiger charge is -2.37. The van der Waals surface area contributed by atoms with Crippen molar-refractivity contribution in [3.05, 3.63) is 34.9 Å². The Morgan fingerprint density at radius 2 is 2.05 bits per heavy atom. The number of hydrogen-bond donors (Lipinski definition) is 1.